The largest absolute Gasteiger partial charge is 0.307 e. The van der Waals surface area contributed by atoms with Crippen molar-refractivity contribution in [3.63, 3.8) is 0 Å². The average molecular weight is 421 g/mol. The summed E-state index contributed by atoms with van der Waals surface area (Å²) in [5.74, 6) is 1.36. The lowest BCUT2D eigenvalue weighted by atomic mass is 10.1. The van der Waals surface area contributed by atoms with Gasteiger partial charge in [-0.1, -0.05) is 70.4 Å². The zero-order valence-corrected chi connectivity index (χ0v) is 20.6. The second-order valence-electron chi connectivity index (χ2n) is 9.08. The number of unbranched alkanes of at least 4 members (excludes halogenated alkanes) is 11. The van der Waals surface area contributed by atoms with Gasteiger partial charge in [-0.2, -0.15) is 0 Å². The second-order valence-corrected chi connectivity index (χ2v) is 9.08. The van der Waals surface area contributed by atoms with Crippen LogP contribution in [0.2, 0.25) is 0 Å². The number of hydrogen-bond acceptors (Lipinski definition) is 2. The molecule has 4 nitrogen and oxygen atoms in total. The molecule has 0 spiro atoms. The van der Waals surface area contributed by atoms with E-state index in [0.29, 0.717) is 0 Å². The number of amides is 1. The zero-order valence-electron chi connectivity index (χ0n) is 20.6. The summed E-state index contributed by atoms with van der Waals surface area (Å²) in [6.45, 7) is 11.2. The van der Waals surface area contributed by atoms with Gasteiger partial charge in [0.15, 0.2) is 12.0 Å². The Hall–Kier alpha value is -1.16. The lowest BCUT2D eigenvalue weighted by Gasteiger charge is -2.39. The minimum absolute atomic E-state index is 0.0562. The van der Waals surface area contributed by atoms with Gasteiger partial charge in [-0.25, -0.2) is 4.99 Å². The number of carbonyl (C=O) groups excluding carboxylic acids is 1. The summed E-state index contributed by atoms with van der Waals surface area (Å²) < 4.78 is 0.850. The van der Waals surface area contributed by atoms with Crippen LogP contribution in [0.1, 0.15) is 118 Å². The molecular formula is C26H50N3O+. The van der Waals surface area contributed by atoms with Crippen molar-refractivity contribution < 1.29 is 9.28 Å². The van der Waals surface area contributed by atoms with Crippen molar-refractivity contribution in [1.29, 1.82) is 0 Å². The van der Waals surface area contributed by atoms with Crippen molar-refractivity contribution in [2.24, 2.45) is 4.99 Å². The van der Waals surface area contributed by atoms with E-state index < -0.39 is 0 Å². The first-order valence-corrected chi connectivity index (χ1v) is 12.9. The summed E-state index contributed by atoms with van der Waals surface area (Å²) in [4.78, 5) is 16.3. The molecule has 0 radical (unpaired) electrons. The van der Waals surface area contributed by atoms with Crippen LogP contribution in [0.4, 0.5) is 0 Å². The molecule has 4 heteroatoms. The molecule has 0 saturated heterocycles. The van der Waals surface area contributed by atoms with Crippen molar-refractivity contribution >= 4 is 11.7 Å². The van der Waals surface area contributed by atoms with Gasteiger partial charge >= 0.3 is 0 Å². The molecule has 0 aliphatic carbocycles. The van der Waals surface area contributed by atoms with Gasteiger partial charge in [0.25, 0.3) is 0 Å². The number of rotatable bonds is 18. The quantitative estimate of drug-likeness (QED) is 0.149. The molecule has 174 valence electrons. The Morgan fingerprint density at radius 2 is 1.53 bits per heavy atom. The molecule has 0 fully saturated rings. The minimum atomic E-state index is 0.0562. The number of nitrogens with zero attached hydrogens (tertiary/aromatic N) is 2. The molecule has 1 aliphatic heterocycles. The fraction of sp³-hybridized carbons (Fsp3) is 0.846. The Kier molecular flexibility index (Phi) is 14.8. The lowest BCUT2D eigenvalue weighted by molar-refractivity contribution is -0.861. The fourth-order valence-corrected chi connectivity index (χ4v) is 4.73. The smallest absolute Gasteiger partial charge is 0.221 e. The highest BCUT2D eigenvalue weighted by molar-refractivity contribution is 5.78. The van der Waals surface area contributed by atoms with Crippen LogP contribution in [-0.2, 0) is 4.79 Å². The van der Waals surface area contributed by atoms with E-state index in [1.54, 1.807) is 6.92 Å². The van der Waals surface area contributed by atoms with Crippen LogP contribution in [0.5, 0.6) is 0 Å². The topological polar surface area (TPSA) is 41.5 Å². The lowest BCUT2D eigenvalue weighted by Crippen LogP contribution is -2.62. The predicted octanol–water partition coefficient (Wildman–Crippen LogP) is 6.75. The van der Waals surface area contributed by atoms with Crippen LogP contribution in [0.25, 0.3) is 0 Å². The van der Waals surface area contributed by atoms with Crippen LogP contribution in [0.15, 0.2) is 17.1 Å². The third kappa shape index (κ3) is 10.2. The van der Waals surface area contributed by atoms with E-state index in [2.05, 4.69) is 38.2 Å². The maximum atomic E-state index is 11.5. The Labute approximate surface area is 187 Å². The van der Waals surface area contributed by atoms with E-state index in [4.69, 9.17) is 4.99 Å². The number of aliphatic imine (C=N–C) groups is 1. The highest BCUT2D eigenvalue weighted by atomic mass is 16.1. The molecule has 0 aromatic heterocycles. The summed E-state index contributed by atoms with van der Waals surface area (Å²) in [5, 5.41) is 3.11. The van der Waals surface area contributed by atoms with E-state index in [1.807, 2.05) is 0 Å². The van der Waals surface area contributed by atoms with Crippen molar-refractivity contribution in [3.05, 3.63) is 12.2 Å². The molecule has 1 rings (SSSR count). The fourth-order valence-electron chi connectivity index (χ4n) is 4.73. The summed E-state index contributed by atoms with van der Waals surface area (Å²) in [7, 11) is 0. The summed E-state index contributed by atoms with van der Waals surface area (Å²) in [6.07, 6.45) is 23.3. The molecule has 2 unspecified atom stereocenters. The maximum Gasteiger partial charge on any atom is 0.221 e. The van der Waals surface area contributed by atoms with Gasteiger partial charge in [-0.3, -0.25) is 9.28 Å². The summed E-state index contributed by atoms with van der Waals surface area (Å²) >= 11 is 0. The first-order valence-electron chi connectivity index (χ1n) is 12.9. The number of likely N-dealkylation sites (N-methyl/N-ethyl adjacent to an activating group) is 1. The molecule has 1 N–H and O–H groups in total. The van der Waals surface area contributed by atoms with E-state index >= 15 is 0 Å². The molecule has 0 bridgehead atoms. The Morgan fingerprint density at radius 3 is 2.10 bits per heavy atom. The molecular weight excluding hydrogens is 370 g/mol. The standard InChI is InChI=1S/C26H49N3O/c1-5-7-8-9-10-11-12-13-14-15-16-17-18-19-20-21-26-27-22-23-29(26,6-2)24(3)28-25(4)30/h13-14,24H,5-12,15-23H2,1-4H3/p+1/b14-13+. The van der Waals surface area contributed by atoms with Crippen LogP contribution >= 0.6 is 0 Å². The molecule has 0 aromatic rings. The van der Waals surface area contributed by atoms with E-state index in [0.717, 1.165) is 30.5 Å². The second kappa shape index (κ2) is 16.5. The number of nitrogens with one attached hydrogen (secondary N) is 1. The van der Waals surface area contributed by atoms with Crippen molar-refractivity contribution in [3.8, 4) is 0 Å². The molecule has 1 amide bonds. The molecule has 0 saturated carbocycles. The van der Waals surface area contributed by atoms with Crippen LogP contribution < -0.4 is 5.32 Å². The summed E-state index contributed by atoms with van der Waals surface area (Å²) in [6, 6.07) is 0. The maximum absolute atomic E-state index is 11.5. The number of amidine groups is 1. The Morgan fingerprint density at radius 1 is 0.967 bits per heavy atom. The SMILES string of the molecule is CCCCCCCC/C=C/CCCCCCCC1=NCC[N+]1(CC)C(C)NC(C)=O. The Balaban J connectivity index is 2.08. The van der Waals surface area contributed by atoms with E-state index in [1.165, 1.54) is 89.3 Å². The number of carbonyl (C=O) groups is 1. The van der Waals surface area contributed by atoms with Gasteiger partial charge in [0.1, 0.15) is 6.54 Å². The van der Waals surface area contributed by atoms with E-state index in [-0.39, 0.29) is 12.1 Å². The highest BCUT2D eigenvalue weighted by Gasteiger charge is 2.41. The van der Waals surface area contributed by atoms with Crippen LogP contribution in [0, 0.1) is 0 Å². The van der Waals surface area contributed by atoms with Crippen LogP contribution in [-0.4, -0.2) is 42.0 Å². The number of allylic oxidation sites excluding steroid dienone is 2. The van der Waals surface area contributed by atoms with Gasteiger partial charge in [-0.05, 0) is 39.0 Å². The van der Waals surface area contributed by atoms with E-state index in [9.17, 15) is 4.79 Å². The molecule has 0 aromatic carbocycles. The molecule has 1 heterocycles. The normalized spacial score (nSPS) is 19.9. The molecule has 30 heavy (non-hydrogen) atoms. The minimum Gasteiger partial charge on any atom is -0.307 e. The zero-order chi connectivity index (χ0) is 22.1. The van der Waals surface area contributed by atoms with Gasteiger partial charge in [0.2, 0.25) is 5.91 Å². The van der Waals surface area contributed by atoms with Gasteiger partial charge < -0.3 is 5.32 Å². The Bertz CT molecular complexity index is 514. The highest BCUT2D eigenvalue weighted by Crippen LogP contribution is 2.23. The van der Waals surface area contributed by atoms with Gasteiger partial charge in [0, 0.05) is 20.3 Å². The summed E-state index contributed by atoms with van der Waals surface area (Å²) in [5.41, 5.74) is 0. The third-order valence-electron chi connectivity index (χ3n) is 6.69. The first-order chi connectivity index (χ1) is 14.6. The van der Waals surface area contributed by atoms with Crippen molar-refractivity contribution in [1.82, 2.24) is 5.32 Å². The third-order valence-corrected chi connectivity index (χ3v) is 6.69. The van der Waals surface area contributed by atoms with Gasteiger partial charge in [0.05, 0.1) is 13.1 Å². The molecule has 1 aliphatic rings. The predicted molar refractivity (Wildman–Crippen MR) is 131 cm³/mol. The average Bonchev–Trinajstić information content (AvgIpc) is 3.14. The van der Waals surface area contributed by atoms with Gasteiger partial charge in [-0.15, -0.1) is 0 Å². The first kappa shape index (κ1) is 26.9. The molecule has 2 atom stereocenters. The van der Waals surface area contributed by atoms with Crippen LogP contribution in [0.3, 0.4) is 0 Å². The van der Waals surface area contributed by atoms with Crippen molar-refractivity contribution in [2.45, 2.75) is 124 Å². The number of hydrogen-bond donors (Lipinski definition) is 1. The number of quaternary nitrogens is 1. The monoisotopic (exact) mass is 420 g/mol. The van der Waals surface area contributed by atoms with Crippen molar-refractivity contribution in [2.75, 3.05) is 19.6 Å².